The van der Waals surface area contributed by atoms with Gasteiger partial charge in [-0.2, -0.15) is 0 Å². The number of rotatable bonds is 3. The second kappa shape index (κ2) is 5.50. The summed E-state index contributed by atoms with van der Waals surface area (Å²) in [7, 11) is 0. The molecule has 3 rings (SSSR count). The minimum atomic E-state index is 0.269. The summed E-state index contributed by atoms with van der Waals surface area (Å²) in [5.41, 5.74) is 6.92. The van der Waals surface area contributed by atoms with Crippen LogP contribution in [-0.4, -0.2) is 34.2 Å². The maximum Gasteiger partial charge on any atom is 0.247 e. The Labute approximate surface area is 112 Å². The lowest BCUT2D eigenvalue weighted by Gasteiger charge is -2.29. The third kappa shape index (κ3) is 3.00. The van der Waals surface area contributed by atoms with Crippen LogP contribution in [0.1, 0.15) is 18.7 Å². The normalized spacial score (nSPS) is 20.6. The Morgan fingerprint density at radius 2 is 2.11 bits per heavy atom. The summed E-state index contributed by atoms with van der Waals surface area (Å²) in [6.07, 6.45) is 2.25. The summed E-state index contributed by atoms with van der Waals surface area (Å²) in [5, 5.41) is 8.21. The van der Waals surface area contributed by atoms with Crippen LogP contribution in [0, 0.1) is 0 Å². The molecule has 0 aliphatic carbocycles. The fraction of sp³-hybridized carbons (Fsp3) is 0.429. The van der Waals surface area contributed by atoms with E-state index in [1.54, 1.807) is 0 Å². The molecule has 0 spiro atoms. The Bertz CT molecular complexity index is 525. The summed E-state index contributed by atoms with van der Waals surface area (Å²) in [4.78, 5) is 2.27. The maximum atomic E-state index is 5.97. The number of likely N-dealkylation sites (tertiary alicyclic amines) is 1. The predicted molar refractivity (Wildman–Crippen MR) is 72.2 cm³/mol. The average Bonchev–Trinajstić information content (AvgIpc) is 2.88. The molecule has 1 aromatic carbocycles. The summed E-state index contributed by atoms with van der Waals surface area (Å²) in [6, 6.07) is 10.1. The number of hydrogen-bond donors (Lipinski definition) is 1. The Balaban J connectivity index is 1.68. The molecule has 1 aliphatic heterocycles. The van der Waals surface area contributed by atoms with Gasteiger partial charge in [0.1, 0.15) is 0 Å². The molecule has 2 heterocycles. The first-order valence-electron chi connectivity index (χ1n) is 6.67. The molecule has 5 heteroatoms. The highest BCUT2D eigenvalue weighted by Crippen LogP contribution is 2.18. The van der Waals surface area contributed by atoms with E-state index in [4.69, 9.17) is 10.2 Å². The third-order valence-corrected chi connectivity index (χ3v) is 3.39. The van der Waals surface area contributed by atoms with Gasteiger partial charge < -0.3 is 10.2 Å². The van der Waals surface area contributed by atoms with Crippen molar-refractivity contribution in [3.8, 4) is 11.5 Å². The molecule has 100 valence electrons. The molecule has 0 radical (unpaired) electrons. The topological polar surface area (TPSA) is 68.2 Å². The molecular formula is C14H18N4O. The van der Waals surface area contributed by atoms with Crippen LogP contribution in [0.15, 0.2) is 34.7 Å². The van der Waals surface area contributed by atoms with Crippen molar-refractivity contribution in [1.29, 1.82) is 0 Å². The first-order valence-corrected chi connectivity index (χ1v) is 6.67. The molecule has 5 nitrogen and oxygen atoms in total. The molecule has 1 aromatic heterocycles. The van der Waals surface area contributed by atoms with Crippen molar-refractivity contribution < 1.29 is 4.42 Å². The molecule has 0 saturated carbocycles. The molecule has 1 fully saturated rings. The van der Waals surface area contributed by atoms with E-state index in [1.165, 1.54) is 0 Å². The van der Waals surface area contributed by atoms with Gasteiger partial charge in [-0.25, -0.2) is 0 Å². The molecule has 2 aromatic rings. The highest BCUT2D eigenvalue weighted by Gasteiger charge is 2.19. The zero-order valence-corrected chi connectivity index (χ0v) is 10.8. The van der Waals surface area contributed by atoms with Gasteiger partial charge in [-0.3, -0.25) is 4.90 Å². The highest BCUT2D eigenvalue weighted by molar-refractivity contribution is 5.51. The molecule has 0 bridgehead atoms. The fourth-order valence-corrected chi connectivity index (χ4v) is 2.44. The van der Waals surface area contributed by atoms with E-state index in [-0.39, 0.29) is 6.04 Å². The third-order valence-electron chi connectivity index (χ3n) is 3.39. The monoisotopic (exact) mass is 258 g/mol. The van der Waals surface area contributed by atoms with Gasteiger partial charge >= 0.3 is 0 Å². The molecule has 1 aliphatic rings. The maximum absolute atomic E-state index is 5.97. The van der Waals surface area contributed by atoms with Crippen LogP contribution in [0.5, 0.6) is 0 Å². The van der Waals surface area contributed by atoms with Gasteiger partial charge in [0.15, 0.2) is 0 Å². The fourth-order valence-electron chi connectivity index (χ4n) is 2.44. The zero-order valence-electron chi connectivity index (χ0n) is 10.8. The molecule has 1 unspecified atom stereocenters. The van der Waals surface area contributed by atoms with Gasteiger partial charge in [0.2, 0.25) is 11.8 Å². The Morgan fingerprint density at radius 3 is 2.89 bits per heavy atom. The Kier molecular flexibility index (Phi) is 3.57. The standard InChI is InChI=1S/C14H18N4O/c15-12-7-4-8-18(9-12)10-13-16-17-14(19-13)11-5-2-1-3-6-11/h1-3,5-6,12H,4,7-10,15H2. The van der Waals surface area contributed by atoms with Crippen molar-refractivity contribution in [3.63, 3.8) is 0 Å². The first-order chi connectivity index (χ1) is 9.31. The Morgan fingerprint density at radius 1 is 1.26 bits per heavy atom. The van der Waals surface area contributed by atoms with Gasteiger partial charge in [-0.15, -0.1) is 10.2 Å². The number of aromatic nitrogens is 2. The number of hydrogen-bond acceptors (Lipinski definition) is 5. The van der Waals surface area contributed by atoms with Crippen LogP contribution in [0.2, 0.25) is 0 Å². The van der Waals surface area contributed by atoms with Crippen molar-refractivity contribution in [2.24, 2.45) is 5.73 Å². The number of nitrogens with zero attached hydrogens (tertiary/aromatic N) is 3. The second-order valence-corrected chi connectivity index (χ2v) is 5.00. The van der Waals surface area contributed by atoms with E-state index in [0.717, 1.165) is 31.5 Å². The van der Waals surface area contributed by atoms with Crippen LogP contribution >= 0.6 is 0 Å². The molecule has 2 N–H and O–H groups in total. The van der Waals surface area contributed by atoms with E-state index in [1.807, 2.05) is 30.3 Å². The SMILES string of the molecule is NC1CCCN(Cc2nnc(-c3ccccc3)o2)C1. The number of nitrogens with two attached hydrogens (primary N) is 1. The first kappa shape index (κ1) is 12.3. The molecule has 0 amide bonds. The lowest BCUT2D eigenvalue weighted by Crippen LogP contribution is -2.42. The van der Waals surface area contributed by atoms with Crippen molar-refractivity contribution in [2.75, 3.05) is 13.1 Å². The Hall–Kier alpha value is -1.72. The van der Waals surface area contributed by atoms with Crippen molar-refractivity contribution >= 4 is 0 Å². The highest BCUT2D eigenvalue weighted by atomic mass is 16.4. The van der Waals surface area contributed by atoms with E-state index in [0.29, 0.717) is 18.3 Å². The summed E-state index contributed by atoms with van der Waals surface area (Å²) < 4.78 is 5.70. The lowest BCUT2D eigenvalue weighted by molar-refractivity contribution is 0.185. The summed E-state index contributed by atoms with van der Waals surface area (Å²) >= 11 is 0. The number of benzene rings is 1. The molecule has 1 saturated heterocycles. The minimum Gasteiger partial charge on any atom is -0.419 e. The molecular weight excluding hydrogens is 240 g/mol. The van der Waals surface area contributed by atoms with E-state index >= 15 is 0 Å². The van der Waals surface area contributed by atoms with Crippen LogP contribution in [0.25, 0.3) is 11.5 Å². The van der Waals surface area contributed by atoms with E-state index < -0.39 is 0 Å². The molecule has 19 heavy (non-hydrogen) atoms. The van der Waals surface area contributed by atoms with Crippen LogP contribution in [0.4, 0.5) is 0 Å². The minimum absolute atomic E-state index is 0.269. The van der Waals surface area contributed by atoms with Crippen molar-refractivity contribution in [3.05, 3.63) is 36.2 Å². The summed E-state index contributed by atoms with van der Waals surface area (Å²) in [5.74, 6) is 1.24. The van der Waals surface area contributed by atoms with Crippen molar-refractivity contribution in [1.82, 2.24) is 15.1 Å². The van der Waals surface area contributed by atoms with Crippen molar-refractivity contribution in [2.45, 2.75) is 25.4 Å². The van der Waals surface area contributed by atoms with Crippen LogP contribution < -0.4 is 5.73 Å². The van der Waals surface area contributed by atoms with Gasteiger partial charge in [0.25, 0.3) is 0 Å². The zero-order chi connectivity index (χ0) is 13.1. The van der Waals surface area contributed by atoms with Crippen LogP contribution in [0.3, 0.4) is 0 Å². The molecule has 1 atom stereocenters. The van der Waals surface area contributed by atoms with Gasteiger partial charge in [-0.1, -0.05) is 18.2 Å². The van der Waals surface area contributed by atoms with E-state index in [9.17, 15) is 0 Å². The second-order valence-electron chi connectivity index (χ2n) is 5.00. The van der Waals surface area contributed by atoms with Gasteiger partial charge in [-0.05, 0) is 31.5 Å². The van der Waals surface area contributed by atoms with Gasteiger partial charge in [0.05, 0.1) is 6.54 Å². The lowest BCUT2D eigenvalue weighted by atomic mass is 10.1. The van der Waals surface area contributed by atoms with Gasteiger partial charge in [0, 0.05) is 18.2 Å². The van der Waals surface area contributed by atoms with E-state index in [2.05, 4.69) is 15.1 Å². The average molecular weight is 258 g/mol. The smallest absolute Gasteiger partial charge is 0.247 e. The number of piperidine rings is 1. The van der Waals surface area contributed by atoms with Crippen LogP contribution in [-0.2, 0) is 6.54 Å². The largest absolute Gasteiger partial charge is 0.419 e. The summed E-state index contributed by atoms with van der Waals surface area (Å²) in [6.45, 7) is 2.65. The quantitative estimate of drug-likeness (QED) is 0.906. The predicted octanol–water partition coefficient (Wildman–Crippen LogP) is 1.66.